The molecule has 154 valence electrons. The predicted octanol–water partition coefficient (Wildman–Crippen LogP) is 2.89. The molecule has 1 N–H and O–H groups in total. The number of hydrogen-bond donors (Lipinski definition) is 1. The maximum atomic E-state index is 12.9. The number of likely N-dealkylation sites (N-methyl/N-ethyl adjacent to an activating group) is 1. The molecule has 0 aromatic heterocycles. The summed E-state index contributed by atoms with van der Waals surface area (Å²) in [5, 5.41) is 2.75. The molecule has 0 aliphatic carbocycles. The number of sulfonamides is 1. The lowest BCUT2D eigenvalue weighted by Gasteiger charge is -2.31. The van der Waals surface area contributed by atoms with E-state index in [0.717, 1.165) is 11.1 Å². The van der Waals surface area contributed by atoms with Gasteiger partial charge < -0.3 is 10.2 Å². The van der Waals surface area contributed by atoms with Crippen LogP contribution in [0, 0.1) is 13.8 Å². The number of carbonyl (C=O) groups excluding carboxylic acids is 1. The van der Waals surface area contributed by atoms with Crippen LogP contribution >= 0.6 is 0 Å². The monoisotopic (exact) mass is 413 g/mol. The predicted molar refractivity (Wildman–Crippen MR) is 116 cm³/mol. The van der Waals surface area contributed by atoms with Gasteiger partial charge in [-0.3, -0.25) is 4.79 Å². The Morgan fingerprint density at radius 3 is 2.45 bits per heavy atom. The second-order valence-electron chi connectivity index (χ2n) is 7.42. The van der Waals surface area contributed by atoms with E-state index in [-0.39, 0.29) is 10.8 Å². The number of nitrogens with one attached hydrogen (secondary N) is 1. The van der Waals surface area contributed by atoms with Gasteiger partial charge >= 0.3 is 0 Å². The average molecular weight is 414 g/mol. The van der Waals surface area contributed by atoms with Crippen LogP contribution < -0.4 is 5.32 Å². The molecule has 1 amide bonds. The summed E-state index contributed by atoms with van der Waals surface area (Å²) in [5.41, 5.74) is 3.68. The first-order valence-corrected chi connectivity index (χ1v) is 11.0. The summed E-state index contributed by atoms with van der Waals surface area (Å²) in [6, 6.07) is 12.4. The molecule has 0 unspecified atom stereocenters. The molecular weight excluding hydrogens is 386 g/mol. The Bertz CT molecular complexity index is 1020. The maximum absolute atomic E-state index is 12.9. The van der Waals surface area contributed by atoms with Gasteiger partial charge in [0, 0.05) is 37.9 Å². The fourth-order valence-corrected chi connectivity index (χ4v) is 4.74. The average Bonchev–Trinajstić information content (AvgIpc) is 2.68. The van der Waals surface area contributed by atoms with Crippen molar-refractivity contribution in [1.29, 1.82) is 0 Å². The van der Waals surface area contributed by atoms with E-state index in [1.54, 1.807) is 24.3 Å². The van der Waals surface area contributed by atoms with E-state index in [4.69, 9.17) is 0 Å². The van der Waals surface area contributed by atoms with Crippen LogP contribution in [0.2, 0.25) is 0 Å². The minimum Gasteiger partial charge on any atom is -0.322 e. The van der Waals surface area contributed by atoms with E-state index in [1.165, 1.54) is 22.0 Å². The number of piperazine rings is 1. The van der Waals surface area contributed by atoms with Gasteiger partial charge in [0.15, 0.2) is 0 Å². The van der Waals surface area contributed by atoms with Crippen molar-refractivity contribution >= 4 is 27.7 Å². The molecule has 1 aliphatic rings. The standard InChI is InChI=1S/C22H27N3O3S/c1-17-7-8-19(18(2)15-17)9-10-22(26)23-20-5-4-6-21(16-20)29(27,28)25-13-11-24(3)12-14-25/h4-10,15-16H,11-14H2,1-3H3,(H,23,26). The Balaban J connectivity index is 1.70. The molecule has 0 bridgehead atoms. The number of hydrogen-bond acceptors (Lipinski definition) is 4. The summed E-state index contributed by atoms with van der Waals surface area (Å²) in [4.78, 5) is 14.6. The van der Waals surface area contributed by atoms with Crippen molar-refractivity contribution in [2.24, 2.45) is 0 Å². The molecule has 0 saturated carbocycles. The molecule has 0 atom stereocenters. The normalized spacial score (nSPS) is 16.2. The number of rotatable bonds is 5. The van der Waals surface area contributed by atoms with Crippen LogP contribution in [0.1, 0.15) is 16.7 Å². The van der Waals surface area contributed by atoms with Crippen molar-refractivity contribution in [2.45, 2.75) is 18.7 Å². The van der Waals surface area contributed by atoms with E-state index in [0.29, 0.717) is 31.9 Å². The molecule has 29 heavy (non-hydrogen) atoms. The Kier molecular flexibility index (Phi) is 6.52. The van der Waals surface area contributed by atoms with Gasteiger partial charge in [-0.2, -0.15) is 4.31 Å². The van der Waals surface area contributed by atoms with Gasteiger partial charge in [-0.25, -0.2) is 8.42 Å². The summed E-state index contributed by atoms with van der Waals surface area (Å²) in [6.45, 7) is 6.37. The minimum absolute atomic E-state index is 0.193. The highest BCUT2D eigenvalue weighted by Gasteiger charge is 2.27. The maximum Gasteiger partial charge on any atom is 0.248 e. The topological polar surface area (TPSA) is 69.7 Å². The van der Waals surface area contributed by atoms with Gasteiger partial charge in [0.25, 0.3) is 0 Å². The summed E-state index contributed by atoms with van der Waals surface area (Å²) in [7, 11) is -1.59. The quantitative estimate of drug-likeness (QED) is 0.766. The number of amides is 1. The first-order valence-electron chi connectivity index (χ1n) is 9.61. The minimum atomic E-state index is -3.57. The second kappa shape index (κ2) is 8.90. The molecular formula is C22H27N3O3S. The number of anilines is 1. The molecule has 0 spiro atoms. The summed E-state index contributed by atoms with van der Waals surface area (Å²) >= 11 is 0. The Morgan fingerprint density at radius 1 is 1.03 bits per heavy atom. The van der Waals surface area contributed by atoms with Gasteiger partial charge in [-0.05, 0) is 56.3 Å². The van der Waals surface area contributed by atoms with Crippen molar-refractivity contribution in [3.05, 3.63) is 65.2 Å². The smallest absolute Gasteiger partial charge is 0.248 e. The van der Waals surface area contributed by atoms with Crippen molar-refractivity contribution in [3.8, 4) is 0 Å². The molecule has 1 aliphatic heterocycles. The highest BCUT2D eigenvalue weighted by atomic mass is 32.2. The number of carbonyl (C=O) groups is 1. The van der Waals surface area contributed by atoms with Gasteiger partial charge in [0.05, 0.1) is 4.90 Å². The summed E-state index contributed by atoms with van der Waals surface area (Å²) in [5.74, 6) is -0.306. The van der Waals surface area contributed by atoms with Crippen molar-refractivity contribution in [2.75, 3.05) is 38.5 Å². The first-order chi connectivity index (χ1) is 13.8. The van der Waals surface area contributed by atoms with Crippen LogP contribution in [0.5, 0.6) is 0 Å². The molecule has 1 saturated heterocycles. The van der Waals surface area contributed by atoms with Crippen LogP contribution in [0.4, 0.5) is 5.69 Å². The number of aryl methyl sites for hydroxylation is 2. The zero-order valence-electron chi connectivity index (χ0n) is 17.1. The lowest BCUT2D eigenvalue weighted by Crippen LogP contribution is -2.47. The van der Waals surface area contributed by atoms with Crippen molar-refractivity contribution in [3.63, 3.8) is 0 Å². The van der Waals surface area contributed by atoms with E-state index < -0.39 is 10.0 Å². The largest absolute Gasteiger partial charge is 0.322 e. The van der Waals surface area contributed by atoms with Crippen LogP contribution in [0.3, 0.4) is 0 Å². The van der Waals surface area contributed by atoms with E-state index >= 15 is 0 Å². The summed E-state index contributed by atoms with van der Waals surface area (Å²) in [6.07, 6.45) is 3.22. The Morgan fingerprint density at radius 2 is 1.76 bits per heavy atom. The molecule has 1 heterocycles. The molecule has 2 aromatic carbocycles. The van der Waals surface area contributed by atoms with Crippen molar-refractivity contribution < 1.29 is 13.2 Å². The fraction of sp³-hybridized carbons (Fsp3) is 0.318. The molecule has 6 nitrogen and oxygen atoms in total. The highest BCUT2D eigenvalue weighted by Crippen LogP contribution is 2.21. The lowest BCUT2D eigenvalue weighted by molar-refractivity contribution is -0.111. The third kappa shape index (κ3) is 5.32. The second-order valence-corrected chi connectivity index (χ2v) is 9.36. The molecule has 3 rings (SSSR count). The Hall–Kier alpha value is -2.48. The van der Waals surface area contributed by atoms with E-state index in [1.807, 2.05) is 33.0 Å². The van der Waals surface area contributed by atoms with Gasteiger partial charge in [-0.1, -0.05) is 29.8 Å². The van der Waals surface area contributed by atoms with Crippen LogP contribution in [0.25, 0.3) is 6.08 Å². The van der Waals surface area contributed by atoms with Gasteiger partial charge in [0.2, 0.25) is 15.9 Å². The van der Waals surface area contributed by atoms with Crippen LogP contribution in [0.15, 0.2) is 53.4 Å². The van der Waals surface area contributed by atoms with Gasteiger partial charge in [-0.15, -0.1) is 0 Å². The number of benzene rings is 2. The van der Waals surface area contributed by atoms with E-state index in [2.05, 4.69) is 16.3 Å². The third-order valence-corrected chi connectivity index (χ3v) is 6.94. The van der Waals surface area contributed by atoms with Crippen LogP contribution in [-0.4, -0.2) is 56.8 Å². The van der Waals surface area contributed by atoms with Gasteiger partial charge in [0.1, 0.15) is 0 Å². The number of nitrogens with zero attached hydrogens (tertiary/aromatic N) is 2. The Labute approximate surface area is 172 Å². The third-order valence-electron chi connectivity index (χ3n) is 5.04. The first kappa shape index (κ1) is 21.2. The van der Waals surface area contributed by atoms with E-state index in [9.17, 15) is 13.2 Å². The molecule has 0 radical (unpaired) electrons. The summed E-state index contributed by atoms with van der Waals surface area (Å²) < 4.78 is 27.3. The highest BCUT2D eigenvalue weighted by molar-refractivity contribution is 7.89. The molecule has 1 fully saturated rings. The van der Waals surface area contributed by atoms with Crippen LogP contribution in [-0.2, 0) is 14.8 Å². The zero-order chi connectivity index (χ0) is 21.0. The molecule has 7 heteroatoms. The fourth-order valence-electron chi connectivity index (χ4n) is 3.27. The van der Waals surface area contributed by atoms with Crippen molar-refractivity contribution in [1.82, 2.24) is 9.21 Å². The zero-order valence-corrected chi connectivity index (χ0v) is 17.9. The molecule has 2 aromatic rings. The lowest BCUT2D eigenvalue weighted by atomic mass is 10.1. The SMILES string of the molecule is Cc1ccc(C=CC(=O)Nc2cccc(S(=O)(=O)N3CCN(C)CC3)c2)c(C)c1.